The Hall–Kier alpha value is -2.00. The van der Waals surface area contributed by atoms with E-state index in [2.05, 4.69) is 65.7 Å². The van der Waals surface area contributed by atoms with Gasteiger partial charge in [-0.05, 0) is 66.5 Å². The number of piperazine rings is 1. The normalized spacial score (nSPS) is 24.0. The molecule has 1 aliphatic carbocycles. The minimum absolute atomic E-state index is 0.522. The predicted molar refractivity (Wildman–Crippen MR) is 108 cm³/mol. The van der Waals surface area contributed by atoms with Crippen molar-refractivity contribution in [2.24, 2.45) is 5.92 Å². The van der Waals surface area contributed by atoms with Gasteiger partial charge in [-0.25, -0.2) is 0 Å². The number of rotatable bonds is 4. The van der Waals surface area contributed by atoms with Gasteiger partial charge in [0, 0.05) is 31.4 Å². The largest absolute Gasteiger partial charge is 0.497 e. The van der Waals surface area contributed by atoms with Crippen LogP contribution >= 0.6 is 0 Å². The zero-order chi connectivity index (χ0) is 17.9. The fourth-order valence-electron chi connectivity index (χ4n) is 4.90. The average molecular weight is 351 g/mol. The lowest BCUT2D eigenvalue weighted by atomic mass is 9.73. The van der Waals surface area contributed by atoms with Crippen molar-refractivity contribution in [2.45, 2.75) is 38.1 Å². The summed E-state index contributed by atoms with van der Waals surface area (Å²) in [5, 5.41) is 3.63. The Labute approximate surface area is 157 Å². The zero-order valence-corrected chi connectivity index (χ0v) is 15.9. The van der Waals surface area contributed by atoms with Crippen molar-refractivity contribution in [2.75, 3.05) is 31.6 Å². The van der Waals surface area contributed by atoms with Gasteiger partial charge in [0.2, 0.25) is 0 Å². The molecule has 1 aliphatic heterocycles. The summed E-state index contributed by atoms with van der Waals surface area (Å²) in [6.07, 6.45) is 3.87. The molecule has 0 radical (unpaired) electrons. The Morgan fingerprint density at radius 3 is 2.73 bits per heavy atom. The van der Waals surface area contributed by atoms with Crippen molar-refractivity contribution >= 4 is 5.69 Å². The summed E-state index contributed by atoms with van der Waals surface area (Å²) in [4.78, 5) is 2.61. The summed E-state index contributed by atoms with van der Waals surface area (Å²) in [6.45, 7) is 5.64. The minimum atomic E-state index is 0.522. The van der Waals surface area contributed by atoms with Gasteiger partial charge in [0.1, 0.15) is 5.75 Å². The second kappa shape index (κ2) is 7.71. The highest BCUT2D eigenvalue weighted by Gasteiger charge is 2.34. The van der Waals surface area contributed by atoms with Crippen LogP contribution in [0.1, 0.15) is 36.8 Å². The van der Waals surface area contributed by atoms with E-state index in [9.17, 15) is 0 Å². The predicted octanol–water partition coefficient (Wildman–Crippen LogP) is 4.23. The van der Waals surface area contributed by atoms with E-state index >= 15 is 0 Å². The first-order chi connectivity index (χ1) is 12.8. The van der Waals surface area contributed by atoms with Crippen LogP contribution in [0.3, 0.4) is 0 Å². The lowest BCUT2D eigenvalue weighted by Crippen LogP contribution is -2.55. The molecule has 0 amide bonds. The molecule has 26 heavy (non-hydrogen) atoms. The van der Waals surface area contributed by atoms with Crippen LogP contribution in [-0.4, -0.2) is 32.8 Å². The highest BCUT2D eigenvalue weighted by Crippen LogP contribution is 2.40. The van der Waals surface area contributed by atoms with Crippen LogP contribution in [0.5, 0.6) is 5.75 Å². The number of methoxy groups -OCH3 is 1. The van der Waals surface area contributed by atoms with Gasteiger partial charge in [-0.15, -0.1) is 0 Å². The summed E-state index contributed by atoms with van der Waals surface area (Å²) in [7, 11) is 1.73. The van der Waals surface area contributed by atoms with Crippen LogP contribution in [0.2, 0.25) is 0 Å². The van der Waals surface area contributed by atoms with Crippen LogP contribution < -0.4 is 15.0 Å². The number of hydrogen-bond donors (Lipinski definition) is 1. The lowest BCUT2D eigenvalue weighted by molar-refractivity contribution is 0.304. The van der Waals surface area contributed by atoms with E-state index in [1.165, 1.54) is 24.9 Å². The number of benzene rings is 2. The van der Waals surface area contributed by atoms with Gasteiger partial charge in [-0.1, -0.05) is 31.2 Å². The molecule has 2 aliphatic rings. The van der Waals surface area contributed by atoms with E-state index in [0.29, 0.717) is 17.9 Å². The molecule has 1 N–H and O–H groups in total. The number of hydrogen-bond acceptors (Lipinski definition) is 3. The number of ether oxygens (including phenoxy) is 1. The van der Waals surface area contributed by atoms with Crippen molar-refractivity contribution in [1.82, 2.24) is 5.32 Å². The molecular formula is C23H30N2O. The van der Waals surface area contributed by atoms with Crippen molar-refractivity contribution in [3.63, 3.8) is 0 Å². The number of nitrogens with zero attached hydrogens (tertiary/aromatic N) is 1. The Balaban J connectivity index is 1.60. The molecule has 1 fully saturated rings. The van der Waals surface area contributed by atoms with Crippen LogP contribution in [0.25, 0.3) is 0 Å². The third kappa shape index (κ3) is 3.33. The molecule has 138 valence electrons. The summed E-state index contributed by atoms with van der Waals surface area (Å²) in [6, 6.07) is 18.2. The molecule has 0 saturated carbocycles. The summed E-state index contributed by atoms with van der Waals surface area (Å²) >= 11 is 0. The maximum Gasteiger partial charge on any atom is 0.119 e. The number of anilines is 1. The fourth-order valence-corrected chi connectivity index (χ4v) is 4.90. The van der Waals surface area contributed by atoms with Gasteiger partial charge in [0.25, 0.3) is 0 Å². The van der Waals surface area contributed by atoms with Crippen molar-refractivity contribution in [3.05, 3.63) is 59.7 Å². The van der Waals surface area contributed by atoms with Gasteiger partial charge in [-0.3, -0.25) is 0 Å². The second-order valence-electron chi connectivity index (χ2n) is 7.72. The highest BCUT2D eigenvalue weighted by atomic mass is 16.5. The van der Waals surface area contributed by atoms with E-state index in [-0.39, 0.29) is 0 Å². The summed E-state index contributed by atoms with van der Waals surface area (Å²) < 4.78 is 5.33. The molecule has 3 atom stereocenters. The standard InChI is InChI=1S/C23H30N2O/c1-17(21-9-5-7-18-6-3-4-8-22(18)21)23-16-24-14-15-25(23)19-10-12-20(26-2)13-11-19/h3-4,6,8,10-13,17,21,23-24H,5,7,9,14-16H2,1-2H3. The third-order valence-electron chi connectivity index (χ3n) is 6.34. The van der Waals surface area contributed by atoms with Crippen LogP contribution in [0.15, 0.2) is 48.5 Å². The maximum atomic E-state index is 5.33. The zero-order valence-electron chi connectivity index (χ0n) is 15.9. The van der Waals surface area contributed by atoms with Gasteiger partial charge >= 0.3 is 0 Å². The molecule has 2 aromatic rings. The fraction of sp³-hybridized carbons (Fsp3) is 0.478. The third-order valence-corrected chi connectivity index (χ3v) is 6.34. The first-order valence-corrected chi connectivity index (χ1v) is 9.97. The van der Waals surface area contributed by atoms with E-state index in [1.807, 2.05) is 0 Å². The lowest BCUT2D eigenvalue weighted by Gasteiger charge is -2.45. The Morgan fingerprint density at radius 2 is 1.92 bits per heavy atom. The van der Waals surface area contributed by atoms with Crippen LogP contribution in [0.4, 0.5) is 5.69 Å². The van der Waals surface area contributed by atoms with Crippen LogP contribution in [0, 0.1) is 5.92 Å². The summed E-state index contributed by atoms with van der Waals surface area (Å²) in [5.41, 5.74) is 4.47. The van der Waals surface area contributed by atoms with Gasteiger partial charge in [0.05, 0.1) is 7.11 Å². The Bertz CT molecular complexity index is 727. The molecule has 3 nitrogen and oxygen atoms in total. The SMILES string of the molecule is COc1ccc(N2CCNCC2C(C)C2CCCc3ccccc32)cc1. The van der Waals surface area contributed by atoms with Crippen LogP contribution in [-0.2, 0) is 6.42 Å². The first kappa shape index (κ1) is 17.4. The molecule has 1 heterocycles. The molecule has 2 aromatic carbocycles. The number of fused-ring (bicyclic) bond motifs is 1. The van der Waals surface area contributed by atoms with Gasteiger partial charge < -0.3 is 15.0 Å². The second-order valence-corrected chi connectivity index (χ2v) is 7.72. The topological polar surface area (TPSA) is 24.5 Å². The molecular weight excluding hydrogens is 320 g/mol. The molecule has 0 bridgehead atoms. The highest BCUT2D eigenvalue weighted by molar-refractivity contribution is 5.51. The monoisotopic (exact) mass is 350 g/mol. The minimum Gasteiger partial charge on any atom is -0.497 e. The average Bonchev–Trinajstić information content (AvgIpc) is 2.73. The van der Waals surface area contributed by atoms with E-state index in [0.717, 1.165) is 25.4 Å². The first-order valence-electron chi connectivity index (χ1n) is 9.97. The van der Waals surface area contributed by atoms with Crippen molar-refractivity contribution in [3.8, 4) is 5.75 Å². The van der Waals surface area contributed by atoms with Gasteiger partial charge in [-0.2, -0.15) is 0 Å². The molecule has 3 unspecified atom stereocenters. The molecule has 1 saturated heterocycles. The smallest absolute Gasteiger partial charge is 0.119 e. The molecule has 3 heteroatoms. The molecule has 0 spiro atoms. The van der Waals surface area contributed by atoms with E-state index in [1.54, 1.807) is 18.2 Å². The quantitative estimate of drug-likeness (QED) is 0.893. The van der Waals surface area contributed by atoms with E-state index in [4.69, 9.17) is 4.74 Å². The maximum absolute atomic E-state index is 5.33. The number of aryl methyl sites for hydroxylation is 1. The Morgan fingerprint density at radius 1 is 1.12 bits per heavy atom. The van der Waals surface area contributed by atoms with Gasteiger partial charge in [0.15, 0.2) is 0 Å². The van der Waals surface area contributed by atoms with Crippen molar-refractivity contribution < 1.29 is 4.74 Å². The van der Waals surface area contributed by atoms with E-state index < -0.39 is 0 Å². The Kier molecular flexibility index (Phi) is 5.16. The number of nitrogens with one attached hydrogen (secondary N) is 1. The van der Waals surface area contributed by atoms with Crippen molar-refractivity contribution in [1.29, 1.82) is 0 Å². The molecule has 0 aromatic heterocycles. The molecule has 4 rings (SSSR count). The summed E-state index contributed by atoms with van der Waals surface area (Å²) in [5.74, 6) is 2.20.